The summed E-state index contributed by atoms with van der Waals surface area (Å²) in [5.41, 5.74) is -0.924. The highest BCUT2D eigenvalue weighted by Gasteiger charge is 2.34. The van der Waals surface area contributed by atoms with Gasteiger partial charge in [0, 0.05) is 6.54 Å². The van der Waals surface area contributed by atoms with Gasteiger partial charge < -0.3 is 14.8 Å². The number of furan rings is 1. The van der Waals surface area contributed by atoms with Gasteiger partial charge in [-0.3, -0.25) is 4.79 Å². The zero-order valence-electron chi connectivity index (χ0n) is 11.6. The molecule has 118 valence electrons. The van der Waals surface area contributed by atoms with E-state index in [-0.39, 0.29) is 17.7 Å². The molecule has 4 nitrogen and oxygen atoms in total. The van der Waals surface area contributed by atoms with E-state index in [0.29, 0.717) is 5.76 Å². The normalized spacial score (nSPS) is 13.0. The Morgan fingerprint density at radius 1 is 1.32 bits per heavy atom. The maximum Gasteiger partial charge on any atom is 0.416 e. The average Bonchev–Trinajstić information content (AvgIpc) is 2.89. The van der Waals surface area contributed by atoms with Gasteiger partial charge in [-0.2, -0.15) is 13.2 Å². The Morgan fingerprint density at radius 2 is 2.00 bits per heavy atom. The van der Waals surface area contributed by atoms with Gasteiger partial charge in [0.25, 0.3) is 5.91 Å². The van der Waals surface area contributed by atoms with E-state index in [1.165, 1.54) is 30.5 Å². The molecule has 1 aromatic carbocycles. The van der Waals surface area contributed by atoms with E-state index in [1.54, 1.807) is 6.92 Å². The number of aliphatic hydroxyl groups excluding tert-OH is 1. The second-order valence-electron chi connectivity index (χ2n) is 4.70. The molecular formula is C15H14F3NO3. The molecule has 2 N–H and O–H groups in total. The third-order valence-corrected chi connectivity index (χ3v) is 3.18. The Morgan fingerprint density at radius 3 is 2.59 bits per heavy atom. The van der Waals surface area contributed by atoms with E-state index >= 15 is 0 Å². The monoisotopic (exact) mass is 313 g/mol. The lowest BCUT2D eigenvalue weighted by atomic mass is 10.0. The number of hydrogen-bond donors (Lipinski definition) is 2. The van der Waals surface area contributed by atoms with Crippen molar-refractivity contribution in [3.8, 4) is 0 Å². The quantitative estimate of drug-likeness (QED) is 0.912. The van der Waals surface area contributed by atoms with Crippen molar-refractivity contribution in [2.75, 3.05) is 6.54 Å². The highest BCUT2D eigenvalue weighted by atomic mass is 19.4. The van der Waals surface area contributed by atoms with Crippen molar-refractivity contribution in [1.82, 2.24) is 5.32 Å². The molecule has 2 aromatic rings. The topological polar surface area (TPSA) is 62.5 Å². The number of aryl methyl sites for hydroxylation is 1. The fourth-order valence-electron chi connectivity index (χ4n) is 2.06. The van der Waals surface area contributed by atoms with Crippen LogP contribution in [0.1, 0.15) is 33.3 Å². The molecule has 0 unspecified atom stereocenters. The maximum absolute atomic E-state index is 12.9. The Labute approximate surface area is 124 Å². The molecule has 0 saturated heterocycles. The lowest BCUT2D eigenvalue weighted by Crippen LogP contribution is -2.29. The van der Waals surface area contributed by atoms with Gasteiger partial charge in [-0.25, -0.2) is 0 Å². The SMILES string of the molecule is Cc1occc1C(=O)NC[C@@H](O)c1ccccc1C(F)(F)F. The first-order valence-corrected chi connectivity index (χ1v) is 6.47. The summed E-state index contributed by atoms with van der Waals surface area (Å²) in [6.45, 7) is 1.25. The van der Waals surface area contributed by atoms with E-state index in [0.717, 1.165) is 6.07 Å². The molecule has 1 aromatic heterocycles. The van der Waals surface area contributed by atoms with Crippen LogP contribution in [0.3, 0.4) is 0 Å². The van der Waals surface area contributed by atoms with Crippen molar-refractivity contribution in [3.05, 3.63) is 59.0 Å². The first-order chi connectivity index (χ1) is 10.3. The Kier molecular flexibility index (Phi) is 4.56. The van der Waals surface area contributed by atoms with Gasteiger partial charge >= 0.3 is 6.18 Å². The summed E-state index contributed by atoms with van der Waals surface area (Å²) in [6, 6.07) is 6.16. The Hall–Kier alpha value is -2.28. The largest absolute Gasteiger partial charge is 0.469 e. The summed E-state index contributed by atoms with van der Waals surface area (Å²) < 4.78 is 43.6. The summed E-state index contributed by atoms with van der Waals surface area (Å²) in [5.74, 6) is -0.127. The second-order valence-corrected chi connectivity index (χ2v) is 4.70. The smallest absolute Gasteiger partial charge is 0.416 e. The highest BCUT2D eigenvalue weighted by molar-refractivity contribution is 5.95. The molecule has 22 heavy (non-hydrogen) atoms. The van der Waals surface area contributed by atoms with Gasteiger partial charge in [0.05, 0.1) is 23.5 Å². The molecule has 7 heteroatoms. The first-order valence-electron chi connectivity index (χ1n) is 6.47. The standard InChI is InChI=1S/C15H14F3NO3/c1-9-10(6-7-22-9)14(21)19-8-13(20)11-4-2-3-5-12(11)15(16,17)18/h2-7,13,20H,8H2,1H3,(H,19,21)/t13-/m1/s1. The summed E-state index contributed by atoms with van der Waals surface area (Å²) >= 11 is 0. The summed E-state index contributed by atoms with van der Waals surface area (Å²) in [5, 5.41) is 12.3. The Bertz CT molecular complexity index is 664. The van der Waals surface area contributed by atoms with Crippen molar-refractivity contribution in [2.24, 2.45) is 0 Å². The van der Waals surface area contributed by atoms with E-state index in [9.17, 15) is 23.1 Å². The van der Waals surface area contributed by atoms with Gasteiger partial charge in [0.2, 0.25) is 0 Å². The maximum atomic E-state index is 12.9. The van der Waals surface area contributed by atoms with Crippen LogP contribution in [0.4, 0.5) is 13.2 Å². The van der Waals surface area contributed by atoms with E-state index in [2.05, 4.69) is 5.32 Å². The third-order valence-electron chi connectivity index (χ3n) is 3.18. The van der Waals surface area contributed by atoms with Crippen LogP contribution >= 0.6 is 0 Å². The number of rotatable bonds is 4. The second kappa shape index (κ2) is 6.23. The van der Waals surface area contributed by atoms with Crippen molar-refractivity contribution in [3.63, 3.8) is 0 Å². The van der Waals surface area contributed by atoms with Crippen LogP contribution in [0, 0.1) is 6.92 Å². The third kappa shape index (κ3) is 3.48. The average molecular weight is 313 g/mol. The van der Waals surface area contributed by atoms with Crippen LogP contribution in [0.25, 0.3) is 0 Å². The fraction of sp³-hybridized carbons (Fsp3) is 0.267. The van der Waals surface area contributed by atoms with E-state index < -0.39 is 23.8 Å². The lowest BCUT2D eigenvalue weighted by molar-refractivity contribution is -0.139. The number of halogens is 3. The number of benzene rings is 1. The number of carbonyl (C=O) groups is 1. The van der Waals surface area contributed by atoms with Crippen LogP contribution in [-0.2, 0) is 6.18 Å². The van der Waals surface area contributed by atoms with Crippen molar-refractivity contribution in [1.29, 1.82) is 0 Å². The predicted octanol–water partition coefficient (Wildman–Crippen LogP) is 3.07. The first kappa shape index (κ1) is 16.1. The van der Waals surface area contributed by atoms with Gasteiger partial charge in [-0.1, -0.05) is 18.2 Å². The highest BCUT2D eigenvalue weighted by Crippen LogP contribution is 2.34. The summed E-state index contributed by atoms with van der Waals surface area (Å²) in [6.07, 6.45) is -4.70. The van der Waals surface area contributed by atoms with Crippen molar-refractivity contribution < 1.29 is 27.5 Å². The number of aliphatic hydroxyl groups is 1. The number of alkyl halides is 3. The molecule has 0 bridgehead atoms. The minimum atomic E-state index is -4.57. The van der Waals surface area contributed by atoms with Crippen LogP contribution in [0.5, 0.6) is 0 Å². The number of nitrogens with one attached hydrogen (secondary N) is 1. The molecule has 0 saturated carbocycles. The predicted molar refractivity (Wildman–Crippen MR) is 72.2 cm³/mol. The molecule has 1 atom stereocenters. The minimum Gasteiger partial charge on any atom is -0.469 e. The summed E-state index contributed by atoms with van der Waals surface area (Å²) in [4.78, 5) is 11.8. The van der Waals surface area contributed by atoms with Crippen LogP contribution < -0.4 is 5.32 Å². The van der Waals surface area contributed by atoms with Crippen molar-refractivity contribution >= 4 is 5.91 Å². The molecule has 0 spiro atoms. The zero-order chi connectivity index (χ0) is 16.3. The number of amides is 1. The molecule has 0 aliphatic rings. The van der Waals surface area contributed by atoms with E-state index in [1.807, 2.05) is 0 Å². The van der Waals surface area contributed by atoms with Crippen LogP contribution in [0.2, 0.25) is 0 Å². The van der Waals surface area contributed by atoms with Crippen LogP contribution in [-0.4, -0.2) is 17.6 Å². The van der Waals surface area contributed by atoms with Gasteiger partial charge in [0.15, 0.2) is 0 Å². The zero-order valence-corrected chi connectivity index (χ0v) is 11.6. The molecular weight excluding hydrogens is 299 g/mol. The Balaban J connectivity index is 2.09. The van der Waals surface area contributed by atoms with Gasteiger partial charge in [0.1, 0.15) is 5.76 Å². The molecule has 0 aliphatic carbocycles. The number of carbonyl (C=O) groups excluding carboxylic acids is 1. The van der Waals surface area contributed by atoms with Crippen LogP contribution in [0.15, 0.2) is 41.0 Å². The molecule has 2 rings (SSSR count). The van der Waals surface area contributed by atoms with E-state index in [4.69, 9.17) is 4.42 Å². The molecule has 0 radical (unpaired) electrons. The molecule has 0 aliphatic heterocycles. The van der Waals surface area contributed by atoms with Gasteiger partial charge in [-0.05, 0) is 24.6 Å². The fourth-order valence-corrected chi connectivity index (χ4v) is 2.06. The number of hydrogen-bond acceptors (Lipinski definition) is 3. The lowest BCUT2D eigenvalue weighted by Gasteiger charge is -2.17. The molecule has 0 fully saturated rings. The molecule has 1 heterocycles. The van der Waals surface area contributed by atoms with Crippen molar-refractivity contribution in [2.45, 2.75) is 19.2 Å². The molecule has 1 amide bonds. The summed E-state index contributed by atoms with van der Waals surface area (Å²) in [7, 11) is 0. The minimum absolute atomic E-state index is 0.274. The van der Waals surface area contributed by atoms with Gasteiger partial charge in [-0.15, -0.1) is 0 Å².